The van der Waals surface area contributed by atoms with Crippen LogP contribution >= 0.6 is 0 Å². The Balaban J connectivity index is 1.51. The van der Waals surface area contributed by atoms with E-state index in [-0.39, 0.29) is 0 Å². The lowest BCUT2D eigenvalue weighted by Crippen LogP contribution is -2.21. The van der Waals surface area contributed by atoms with Gasteiger partial charge >= 0.3 is 0 Å². The highest BCUT2D eigenvalue weighted by Crippen LogP contribution is 2.19. The van der Waals surface area contributed by atoms with Crippen molar-refractivity contribution < 1.29 is 4.39 Å². The average molecular weight is 344 g/mol. The summed E-state index contributed by atoms with van der Waals surface area (Å²) in [6, 6.07) is 0. The van der Waals surface area contributed by atoms with Crippen LogP contribution in [-0.4, -0.2) is 53.6 Å². The van der Waals surface area contributed by atoms with Crippen molar-refractivity contribution in [1.82, 2.24) is 34.3 Å². The van der Waals surface area contributed by atoms with Crippen molar-refractivity contribution in [2.75, 3.05) is 18.0 Å². The molecule has 0 radical (unpaired) electrons. The van der Waals surface area contributed by atoms with Crippen LogP contribution in [0.4, 0.5) is 10.3 Å². The standard InChI is InChI=1S/C16H21FN8/c1-10-8-18-11(2)15-19-13(21-25(10)15)4-5-14-20-16(22-23(14)3)24-7-6-12(17)9-24/h8,12H,4-7,9H2,1-3H3. The second-order valence-electron chi connectivity index (χ2n) is 6.53. The maximum absolute atomic E-state index is 13.4. The first-order valence-electron chi connectivity index (χ1n) is 8.48. The maximum atomic E-state index is 13.4. The van der Waals surface area contributed by atoms with E-state index >= 15 is 0 Å². The number of fused-ring (bicyclic) bond motifs is 1. The molecule has 0 N–H and O–H groups in total. The molecule has 0 spiro atoms. The number of hydrogen-bond acceptors (Lipinski definition) is 6. The number of aromatic nitrogens is 7. The van der Waals surface area contributed by atoms with E-state index in [1.54, 1.807) is 10.9 Å². The molecule has 1 unspecified atom stereocenters. The third-order valence-corrected chi connectivity index (χ3v) is 4.58. The van der Waals surface area contributed by atoms with Gasteiger partial charge in [-0.15, -0.1) is 5.10 Å². The third kappa shape index (κ3) is 2.94. The molecule has 0 aromatic carbocycles. The zero-order chi connectivity index (χ0) is 17.6. The molecule has 25 heavy (non-hydrogen) atoms. The van der Waals surface area contributed by atoms with Crippen molar-refractivity contribution in [3.05, 3.63) is 29.2 Å². The van der Waals surface area contributed by atoms with Gasteiger partial charge in [-0.1, -0.05) is 0 Å². The molecular formula is C16H21FN8. The Labute approximate surface area is 144 Å². The van der Waals surface area contributed by atoms with Crippen molar-refractivity contribution in [3.63, 3.8) is 0 Å². The Morgan fingerprint density at radius 1 is 1.20 bits per heavy atom. The molecule has 0 bridgehead atoms. The number of anilines is 1. The molecule has 1 saturated heterocycles. The number of nitrogens with zero attached hydrogens (tertiary/aromatic N) is 8. The third-order valence-electron chi connectivity index (χ3n) is 4.58. The number of rotatable bonds is 4. The Morgan fingerprint density at radius 3 is 2.76 bits per heavy atom. The smallest absolute Gasteiger partial charge is 0.245 e. The monoisotopic (exact) mass is 344 g/mol. The van der Waals surface area contributed by atoms with Gasteiger partial charge in [0.25, 0.3) is 0 Å². The summed E-state index contributed by atoms with van der Waals surface area (Å²) >= 11 is 0. The minimum absolute atomic E-state index is 0.378. The normalized spacial score (nSPS) is 17.8. The van der Waals surface area contributed by atoms with Crippen LogP contribution in [-0.2, 0) is 19.9 Å². The van der Waals surface area contributed by atoms with E-state index in [1.807, 2.05) is 30.3 Å². The van der Waals surface area contributed by atoms with Crippen LogP contribution in [0.15, 0.2) is 6.20 Å². The largest absolute Gasteiger partial charge is 0.337 e. The topological polar surface area (TPSA) is 77.0 Å². The van der Waals surface area contributed by atoms with E-state index in [1.165, 1.54) is 0 Å². The highest BCUT2D eigenvalue weighted by atomic mass is 19.1. The zero-order valence-electron chi connectivity index (χ0n) is 14.6. The summed E-state index contributed by atoms with van der Waals surface area (Å²) in [5.74, 6) is 2.22. The van der Waals surface area contributed by atoms with Crippen LogP contribution in [0, 0.1) is 13.8 Å². The highest BCUT2D eigenvalue weighted by Gasteiger charge is 2.25. The van der Waals surface area contributed by atoms with Crippen molar-refractivity contribution in [1.29, 1.82) is 0 Å². The van der Waals surface area contributed by atoms with Crippen LogP contribution in [0.2, 0.25) is 0 Å². The molecule has 132 valence electrons. The Hall–Kier alpha value is -2.58. The number of hydrogen-bond donors (Lipinski definition) is 0. The summed E-state index contributed by atoms with van der Waals surface area (Å²) in [6.45, 7) is 4.94. The summed E-state index contributed by atoms with van der Waals surface area (Å²) in [5, 5.41) is 8.98. The first-order chi connectivity index (χ1) is 12.0. The molecule has 1 fully saturated rings. The van der Waals surface area contributed by atoms with Crippen molar-refractivity contribution >= 4 is 11.6 Å². The predicted octanol–water partition coefficient (Wildman–Crippen LogP) is 1.20. The summed E-state index contributed by atoms with van der Waals surface area (Å²) in [5.41, 5.74) is 2.61. The summed E-state index contributed by atoms with van der Waals surface area (Å²) in [6.07, 6.45) is 2.90. The minimum Gasteiger partial charge on any atom is -0.337 e. The van der Waals surface area contributed by atoms with E-state index in [0.717, 1.165) is 28.7 Å². The number of alkyl halides is 1. The van der Waals surface area contributed by atoms with Gasteiger partial charge < -0.3 is 4.90 Å². The van der Waals surface area contributed by atoms with E-state index in [4.69, 9.17) is 0 Å². The van der Waals surface area contributed by atoms with Crippen LogP contribution in [0.5, 0.6) is 0 Å². The zero-order valence-corrected chi connectivity index (χ0v) is 14.6. The maximum Gasteiger partial charge on any atom is 0.245 e. The van der Waals surface area contributed by atoms with Crippen LogP contribution in [0.25, 0.3) is 5.65 Å². The molecular weight excluding hydrogens is 323 g/mol. The Kier molecular flexibility index (Phi) is 3.85. The fourth-order valence-electron chi connectivity index (χ4n) is 3.12. The van der Waals surface area contributed by atoms with Gasteiger partial charge in [0.05, 0.1) is 17.9 Å². The molecule has 3 aromatic heterocycles. The average Bonchev–Trinajstić information content (AvgIpc) is 3.28. The van der Waals surface area contributed by atoms with Crippen molar-refractivity contribution in [2.45, 2.75) is 39.3 Å². The molecule has 4 heterocycles. The second-order valence-corrected chi connectivity index (χ2v) is 6.53. The summed E-state index contributed by atoms with van der Waals surface area (Å²) in [7, 11) is 1.87. The molecule has 0 aliphatic carbocycles. The summed E-state index contributed by atoms with van der Waals surface area (Å²) in [4.78, 5) is 15.4. The molecule has 9 heteroatoms. The fourth-order valence-corrected chi connectivity index (χ4v) is 3.12. The van der Waals surface area contributed by atoms with Crippen molar-refractivity contribution in [2.24, 2.45) is 7.05 Å². The van der Waals surface area contributed by atoms with Crippen LogP contribution in [0.3, 0.4) is 0 Å². The van der Waals surface area contributed by atoms with Gasteiger partial charge in [-0.25, -0.2) is 13.9 Å². The second kappa shape index (κ2) is 6.05. The van der Waals surface area contributed by atoms with Gasteiger partial charge in [0, 0.05) is 32.6 Å². The van der Waals surface area contributed by atoms with E-state index in [0.29, 0.717) is 38.3 Å². The lowest BCUT2D eigenvalue weighted by Gasteiger charge is -2.10. The Morgan fingerprint density at radius 2 is 2.04 bits per heavy atom. The number of aryl methyl sites for hydroxylation is 5. The molecule has 1 aliphatic rings. The quantitative estimate of drug-likeness (QED) is 0.708. The molecule has 3 aromatic rings. The lowest BCUT2D eigenvalue weighted by molar-refractivity contribution is 0.364. The van der Waals surface area contributed by atoms with E-state index in [9.17, 15) is 4.39 Å². The van der Waals surface area contributed by atoms with Crippen LogP contribution < -0.4 is 4.90 Å². The Bertz CT molecular complexity index is 875. The van der Waals surface area contributed by atoms with Crippen molar-refractivity contribution in [3.8, 4) is 0 Å². The fraction of sp³-hybridized carbons (Fsp3) is 0.562. The first kappa shape index (κ1) is 15.9. The van der Waals surface area contributed by atoms with Gasteiger partial charge in [0.15, 0.2) is 11.5 Å². The molecule has 0 amide bonds. The van der Waals surface area contributed by atoms with Gasteiger partial charge in [-0.3, -0.25) is 9.67 Å². The van der Waals surface area contributed by atoms with Crippen LogP contribution in [0.1, 0.15) is 29.5 Å². The highest BCUT2D eigenvalue weighted by molar-refractivity contribution is 5.43. The van der Waals surface area contributed by atoms with Gasteiger partial charge in [-0.05, 0) is 20.3 Å². The first-order valence-corrected chi connectivity index (χ1v) is 8.48. The lowest BCUT2D eigenvalue weighted by atomic mass is 10.3. The SMILES string of the molecule is Cc1ncc(C)n2nc(CCc3nc(N4CCC(F)C4)nn3C)nc12. The van der Waals surface area contributed by atoms with Gasteiger partial charge in [0.1, 0.15) is 12.0 Å². The predicted molar refractivity (Wildman–Crippen MR) is 90.4 cm³/mol. The molecule has 1 aliphatic heterocycles. The summed E-state index contributed by atoms with van der Waals surface area (Å²) < 4.78 is 17.0. The van der Waals surface area contributed by atoms with E-state index in [2.05, 4.69) is 25.1 Å². The van der Waals surface area contributed by atoms with Gasteiger partial charge in [-0.2, -0.15) is 10.1 Å². The minimum atomic E-state index is -0.783. The van der Waals surface area contributed by atoms with Gasteiger partial charge in [0.2, 0.25) is 5.95 Å². The number of halogens is 1. The van der Waals surface area contributed by atoms with E-state index < -0.39 is 6.17 Å². The molecule has 8 nitrogen and oxygen atoms in total. The molecule has 0 saturated carbocycles. The molecule has 4 rings (SSSR count). The molecule has 1 atom stereocenters.